The third-order valence-corrected chi connectivity index (χ3v) is 4.95. The first kappa shape index (κ1) is 16.9. The first-order valence-corrected chi connectivity index (χ1v) is 8.73. The summed E-state index contributed by atoms with van der Waals surface area (Å²) < 4.78 is 8.08. The molecule has 3 N–H and O–H groups in total. The minimum Gasteiger partial charge on any atom is -0.479 e. The van der Waals surface area contributed by atoms with Crippen LogP contribution in [0.2, 0.25) is 0 Å². The molecule has 5 aromatic rings. The lowest BCUT2D eigenvalue weighted by molar-refractivity contribution is -0.144. The topological polar surface area (TPSA) is 137 Å². The van der Waals surface area contributed by atoms with Gasteiger partial charge < -0.3 is 15.3 Å². The van der Waals surface area contributed by atoms with Crippen LogP contribution in [0.4, 0.5) is 5.95 Å². The molecular weight excluding hydrogens is 374 g/mol. The summed E-state index contributed by atoms with van der Waals surface area (Å²) in [5.41, 5.74) is 5.86. The molecular formula is C19H15N7O3. The van der Waals surface area contributed by atoms with E-state index in [0.717, 1.165) is 0 Å². The predicted molar refractivity (Wildman–Crippen MR) is 103 cm³/mol. The average molecular weight is 389 g/mol. The maximum Gasteiger partial charge on any atom is 0.336 e. The molecule has 0 fully saturated rings. The maximum atomic E-state index is 12.3. The van der Waals surface area contributed by atoms with Crippen molar-refractivity contribution in [3.05, 3.63) is 60.5 Å². The van der Waals surface area contributed by atoms with E-state index in [2.05, 4.69) is 20.2 Å². The third-order valence-electron chi connectivity index (χ3n) is 4.95. The first-order valence-electron chi connectivity index (χ1n) is 8.73. The van der Waals surface area contributed by atoms with Crippen molar-refractivity contribution in [2.24, 2.45) is 0 Å². The Morgan fingerprint density at radius 2 is 1.93 bits per heavy atom. The van der Waals surface area contributed by atoms with Gasteiger partial charge in [0.25, 0.3) is 0 Å². The average Bonchev–Trinajstić information content (AvgIpc) is 3.46. The van der Waals surface area contributed by atoms with Gasteiger partial charge in [0.05, 0.1) is 17.8 Å². The molecule has 0 saturated carbocycles. The number of aromatic nitrogens is 6. The van der Waals surface area contributed by atoms with Gasteiger partial charge in [-0.15, -0.1) is 5.10 Å². The SMILES string of the molecule is C[C@@](C(=O)O)(c1ccccc1)n1ncc2c1nc(N)n1nc(-c3ccco3)nc21. The Kier molecular flexibility index (Phi) is 3.44. The highest BCUT2D eigenvalue weighted by Gasteiger charge is 2.40. The van der Waals surface area contributed by atoms with Crippen molar-refractivity contribution < 1.29 is 14.3 Å². The zero-order valence-electron chi connectivity index (χ0n) is 15.2. The lowest BCUT2D eigenvalue weighted by Gasteiger charge is -2.26. The second kappa shape index (κ2) is 5.89. The van der Waals surface area contributed by atoms with Crippen LogP contribution in [-0.2, 0) is 10.3 Å². The summed E-state index contributed by atoms with van der Waals surface area (Å²) in [7, 11) is 0. The molecule has 0 unspecified atom stereocenters. The highest BCUT2D eigenvalue weighted by molar-refractivity contribution is 5.92. The smallest absolute Gasteiger partial charge is 0.336 e. The molecule has 5 rings (SSSR count). The molecule has 29 heavy (non-hydrogen) atoms. The third kappa shape index (κ3) is 2.32. The summed E-state index contributed by atoms with van der Waals surface area (Å²) >= 11 is 0. The van der Waals surface area contributed by atoms with E-state index in [-0.39, 0.29) is 5.95 Å². The Bertz CT molecular complexity index is 1360. The summed E-state index contributed by atoms with van der Waals surface area (Å²) in [4.78, 5) is 21.2. The number of nitrogens with zero attached hydrogens (tertiary/aromatic N) is 6. The minimum atomic E-state index is -1.50. The van der Waals surface area contributed by atoms with Crippen molar-refractivity contribution >= 4 is 28.6 Å². The van der Waals surface area contributed by atoms with E-state index in [9.17, 15) is 9.90 Å². The number of carboxylic acids is 1. The molecule has 1 aromatic carbocycles. The zero-order chi connectivity index (χ0) is 20.2. The summed E-state index contributed by atoms with van der Waals surface area (Å²) in [5.74, 6) is -0.201. The predicted octanol–water partition coefficient (Wildman–Crippen LogP) is 2.16. The Morgan fingerprint density at radius 1 is 1.14 bits per heavy atom. The monoisotopic (exact) mass is 389 g/mol. The standard InChI is InChI=1S/C19H15N7O3/c1-19(17(27)28,11-6-3-2-4-7-11)26-16-12(10-21-26)15-22-14(13-8-5-9-29-13)24-25(15)18(20)23-16/h2-10H,1H3,(H2,20,23)(H,27,28)/t19-/m0/s1. The minimum absolute atomic E-state index is 0.0559. The van der Waals surface area contributed by atoms with Gasteiger partial charge in [-0.1, -0.05) is 30.3 Å². The summed E-state index contributed by atoms with van der Waals surface area (Å²) in [5, 5.41) is 19.3. The quantitative estimate of drug-likeness (QED) is 0.477. The van der Waals surface area contributed by atoms with Crippen molar-refractivity contribution in [3.63, 3.8) is 0 Å². The number of carbonyl (C=O) groups is 1. The molecule has 0 amide bonds. The molecule has 0 aliphatic heterocycles. The van der Waals surface area contributed by atoms with Crippen LogP contribution < -0.4 is 5.73 Å². The Labute approximate surface area is 163 Å². The van der Waals surface area contributed by atoms with E-state index in [0.29, 0.717) is 33.8 Å². The molecule has 0 spiro atoms. The van der Waals surface area contributed by atoms with Gasteiger partial charge in [-0.25, -0.2) is 14.5 Å². The fourth-order valence-corrected chi connectivity index (χ4v) is 3.35. The van der Waals surface area contributed by atoms with E-state index in [4.69, 9.17) is 10.2 Å². The molecule has 0 aliphatic rings. The number of anilines is 1. The van der Waals surface area contributed by atoms with Gasteiger partial charge in [-0.2, -0.15) is 14.6 Å². The first-order chi connectivity index (χ1) is 14.0. The number of hydrogen-bond acceptors (Lipinski definition) is 7. The fourth-order valence-electron chi connectivity index (χ4n) is 3.35. The van der Waals surface area contributed by atoms with Gasteiger partial charge in [-0.3, -0.25) is 0 Å². The molecule has 4 aromatic heterocycles. The van der Waals surface area contributed by atoms with E-state index in [1.54, 1.807) is 43.3 Å². The number of rotatable bonds is 4. The van der Waals surface area contributed by atoms with Crippen LogP contribution in [0.3, 0.4) is 0 Å². The highest BCUT2D eigenvalue weighted by atomic mass is 16.4. The maximum absolute atomic E-state index is 12.3. The van der Waals surface area contributed by atoms with Crippen molar-refractivity contribution in [1.29, 1.82) is 0 Å². The number of furan rings is 1. The van der Waals surface area contributed by atoms with Crippen LogP contribution in [0.1, 0.15) is 12.5 Å². The Morgan fingerprint density at radius 3 is 2.62 bits per heavy atom. The number of benzene rings is 1. The van der Waals surface area contributed by atoms with Crippen LogP contribution in [0, 0.1) is 0 Å². The Balaban J connectivity index is 1.79. The molecule has 0 radical (unpaired) electrons. The zero-order valence-corrected chi connectivity index (χ0v) is 15.2. The van der Waals surface area contributed by atoms with Crippen molar-refractivity contribution in [3.8, 4) is 11.6 Å². The molecule has 10 heteroatoms. The number of hydrogen-bond donors (Lipinski definition) is 2. The van der Waals surface area contributed by atoms with E-state index >= 15 is 0 Å². The molecule has 0 aliphatic carbocycles. The van der Waals surface area contributed by atoms with Crippen molar-refractivity contribution in [2.75, 3.05) is 5.73 Å². The second-order valence-electron chi connectivity index (χ2n) is 6.66. The molecule has 0 bridgehead atoms. The van der Waals surface area contributed by atoms with Crippen LogP contribution in [-0.4, -0.2) is 40.4 Å². The highest BCUT2D eigenvalue weighted by Crippen LogP contribution is 2.31. The lowest BCUT2D eigenvalue weighted by Crippen LogP contribution is -2.41. The van der Waals surface area contributed by atoms with E-state index in [1.165, 1.54) is 21.7 Å². The number of aliphatic carboxylic acids is 1. The van der Waals surface area contributed by atoms with E-state index in [1.807, 2.05) is 6.07 Å². The summed E-state index contributed by atoms with van der Waals surface area (Å²) in [6.07, 6.45) is 3.04. The molecule has 0 saturated heterocycles. The lowest BCUT2D eigenvalue weighted by atomic mass is 9.92. The largest absolute Gasteiger partial charge is 0.479 e. The summed E-state index contributed by atoms with van der Waals surface area (Å²) in [6.45, 7) is 1.57. The van der Waals surface area contributed by atoms with Gasteiger partial charge in [0, 0.05) is 0 Å². The van der Waals surface area contributed by atoms with Crippen LogP contribution in [0.5, 0.6) is 0 Å². The van der Waals surface area contributed by atoms with E-state index < -0.39 is 11.5 Å². The molecule has 1 atom stereocenters. The van der Waals surface area contributed by atoms with Gasteiger partial charge in [0.1, 0.15) is 0 Å². The van der Waals surface area contributed by atoms with Crippen molar-refractivity contribution in [2.45, 2.75) is 12.5 Å². The van der Waals surface area contributed by atoms with Gasteiger partial charge in [-0.05, 0) is 24.6 Å². The number of nitrogens with two attached hydrogens (primary N) is 1. The number of nitrogen functional groups attached to an aromatic ring is 1. The second-order valence-corrected chi connectivity index (χ2v) is 6.66. The molecule has 4 heterocycles. The van der Waals surface area contributed by atoms with Gasteiger partial charge in [0.2, 0.25) is 11.8 Å². The summed E-state index contributed by atoms with van der Waals surface area (Å²) in [6, 6.07) is 12.3. The Hall–Kier alpha value is -4.21. The van der Waals surface area contributed by atoms with Crippen LogP contribution in [0.15, 0.2) is 59.3 Å². The fraction of sp³-hybridized carbons (Fsp3) is 0.105. The number of fused-ring (bicyclic) bond motifs is 3. The van der Waals surface area contributed by atoms with Crippen LogP contribution >= 0.6 is 0 Å². The molecule has 10 nitrogen and oxygen atoms in total. The normalized spacial score (nSPS) is 13.7. The van der Waals surface area contributed by atoms with Crippen LogP contribution in [0.25, 0.3) is 28.3 Å². The van der Waals surface area contributed by atoms with Crippen molar-refractivity contribution in [1.82, 2.24) is 29.4 Å². The van der Waals surface area contributed by atoms with Gasteiger partial charge in [0.15, 0.2) is 22.6 Å². The number of carboxylic acid groups (broad SMARTS) is 1. The van der Waals surface area contributed by atoms with Gasteiger partial charge >= 0.3 is 5.97 Å². The molecule has 144 valence electrons.